The van der Waals surface area contributed by atoms with E-state index < -0.39 is 0 Å². The number of hydrogen-bond acceptors (Lipinski definition) is 0. The summed E-state index contributed by atoms with van der Waals surface area (Å²) in [6.07, 6.45) is 14.1. The quantitative estimate of drug-likeness (QED) is 0.580. The Morgan fingerprint density at radius 1 is 0.818 bits per heavy atom. The standard InChI is InChI=1S/C21H31F/c1-2-3-16-4-6-17(7-5-16)18-8-10-19(11-9-18)20-12-14-21(22)15-13-20/h12-19H,2-11H2,1H3/t16-,17-,18-,19-. The van der Waals surface area contributed by atoms with Gasteiger partial charge in [0.05, 0.1) is 0 Å². The molecule has 122 valence electrons. The molecule has 2 aliphatic carbocycles. The molecule has 0 aliphatic heterocycles. The van der Waals surface area contributed by atoms with Crippen LogP contribution in [0.5, 0.6) is 0 Å². The molecule has 1 aromatic carbocycles. The van der Waals surface area contributed by atoms with Crippen LogP contribution in [0, 0.1) is 23.6 Å². The summed E-state index contributed by atoms with van der Waals surface area (Å²) in [6.45, 7) is 2.32. The Balaban J connectivity index is 1.47. The normalized spacial score (nSPS) is 32.8. The molecular formula is C21H31F. The fraction of sp³-hybridized carbons (Fsp3) is 0.714. The number of rotatable bonds is 4. The minimum atomic E-state index is -0.110. The van der Waals surface area contributed by atoms with Crippen LogP contribution in [-0.2, 0) is 0 Å². The Kier molecular flexibility index (Phi) is 5.55. The molecule has 3 rings (SSSR count). The Bertz CT molecular complexity index is 433. The third-order valence-corrected chi connectivity index (χ3v) is 6.37. The molecule has 0 unspecified atom stereocenters. The van der Waals surface area contributed by atoms with Crippen molar-refractivity contribution in [3.63, 3.8) is 0 Å². The molecule has 0 radical (unpaired) electrons. The summed E-state index contributed by atoms with van der Waals surface area (Å²) in [5.41, 5.74) is 1.35. The van der Waals surface area contributed by atoms with Crippen LogP contribution in [0.4, 0.5) is 4.39 Å². The van der Waals surface area contributed by atoms with E-state index in [-0.39, 0.29) is 5.82 Å². The van der Waals surface area contributed by atoms with E-state index in [1.165, 1.54) is 69.8 Å². The molecule has 22 heavy (non-hydrogen) atoms. The van der Waals surface area contributed by atoms with Crippen molar-refractivity contribution in [2.24, 2.45) is 17.8 Å². The molecular weight excluding hydrogens is 271 g/mol. The van der Waals surface area contributed by atoms with Gasteiger partial charge in [0.15, 0.2) is 0 Å². The van der Waals surface area contributed by atoms with Gasteiger partial charge in [0.1, 0.15) is 5.82 Å². The second-order valence-electron chi connectivity index (χ2n) is 7.73. The van der Waals surface area contributed by atoms with Crippen molar-refractivity contribution in [3.8, 4) is 0 Å². The summed E-state index contributed by atoms with van der Waals surface area (Å²) in [5.74, 6) is 3.56. The van der Waals surface area contributed by atoms with Crippen LogP contribution >= 0.6 is 0 Å². The molecule has 0 atom stereocenters. The van der Waals surface area contributed by atoms with Crippen LogP contribution in [0.1, 0.15) is 82.6 Å². The maximum Gasteiger partial charge on any atom is 0.123 e. The van der Waals surface area contributed by atoms with Gasteiger partial charge < -0.3 is 0 Å². The number of hydrogen-bond donors (Lipinski definition) is 0. The van der Waals surface area contributed by atoms with Gasteiger partial charge in [-0.05, 0) is 79.9 Å². The highest BCUT2D eigenvalue weighted by atomic mass is 19.1. The van der Waals surface area contributed by atoms with E-state index in [1.54, 1.807) is 12.1 Å². The van der Waals surface area contributed by atoms with Crippen LogP contribution in [-0.4, -0.2) is 0 Å². The van der Waals surface area contributed by atoms with Gasteiger partial charge in [-0.2, -0.15) is 0 Å². The van der Waals surface area contributed by atoms with Crippen LogP contribution in [0.2, 0.25) is 0 Å². The maximum absolute atomic E-state index is 13.0. The third-order valence-electron chi connectivity index (χ3n) is 6.37. The number of benzene rings is 1. The lowest BCUT2D eigenvalue weighted by molar-refractivity contribution is 0.156. The summed E-state index contributed by atoms with van der Waals surface area (Å²) in [5, 5.41) is 0. The van der Waals surface area contributed by atoms with E-state index >= 15 is 0 Å². The molecule has 0 N–H and O–H groups in total. The van der Waals surface area contributed by atoms with E-state index in [1.807, 2.05) is 12.1 Å². The highest BCUT2D eigenvalue weighted by Crippen LogP contribution is 2.44. The second-order valence-corrected chi connectivity index (χ2v) is 7.73. The van der Waals surface area contributed by atoms with Crippen LogP contribution in [0.15, 0.2) is 24.3 Å². The first-order valence-electron chi connectivity index (χ1n) is 9.51. The van der Waals surface area contributed by atoms with E-state index in [9.17, 15) is 4.39 Å². The van der Waals surface area contributed by atoms with Gasteiger partial charge in [-0.1, -0.05) is 44.7 Å². The van der Waals surface area contributed by atoms with Crippen molar-refractivity contribution in [2.45, 2.75) is 77.0 Å². The molecule has 0 amide bonds. The Morgan fingerprint density at radius 2 is 1.36 bits per heavy atom. The van der Waals surface area contributed by atoms with Crippen molar-refractivity contribution in [1.29, 1.82) is 0 Å². The maximum atomic E-state index is 13.0. The van der Waals surface area contributed by atoms with Crippen LogP contribution < -0.4 is 0 Å². The van der Waals surface area contributed by atoms with Crippen molar-refractivity contribution in [2.75, 3.05) is 0 Å². The first-order valence-corrected chi connectivity index (χ1v) is 9.51. The van der Waals surface area contributed by atoms with Gasteiger partial charge in [-0.25, -0.2) is 4.39 Å². The number of halogens is 1. The van der Waals surface area contributed by atoms with Crippen molar-refractivity contribution in [1.82, 2.24) is 0 Å². The van der Waals surface area contributed by atoms with Crippen molar-refractivity contribution >= 4 is 0 Å². The molecule has 2 fully saturated rings. The van der Waals surface area contributed by atoms with E-state index in [0.29, 0.717) is 5.92 Å². The molecule has 0 spiro atoms. The predicted octanol–water partition coefficient (Wildman–Crippen LogP) is 6.71. The fourth-order valence-electron chi connectivity index (χ4n) is 5.02. The fourth-order valence-corrected chi connectivity index (χ4v) is 5.02. The first kappa shape index (κ1) is 16.0. The summed E-state index contributed by atoms with van der Waals surface area (Å²) < 4.78 is 13.0. The molecule has 0 heterocycles. The summed E-state index contributed by atoms with van der Waals surface area (Å²) in [7, 11) is 0. The Labute approximate surface area is 135 Å². The molecule has 2 saturated carbocycles. The average Bonchev–Trinajstić information content (AvgIpc) is 2.57. The van der Waals surface area contributed by atoms with Gasteiger partial charge in [-0.15, -0.1) is 0 Å². The Hall–Kier alpha value is -0.850. The SMILES string of the molecule is CCC[C@H]1CC[C@H]([C@H]2CC[C@H](c3ccc(F)cc3)CC2)CC1. The second kappa shape index (κ2) is 7.62. The van der Waals surface area contributed by atoms with Gasteiger partial charge in [0.2, 0.25) is 0 Å². The Morgan fingerprint density at radius 3 is 1.91 bits per heavy atom. The minimum absolute atomic E-state index is 0.110. The molecule has 1 heteroatoms. The summed E-state index contributed by atoms with van der Waals surface area (Å²) in [6, 6.07) is 7.24. The lowest BCUT2D eigenvalue weighted by atomic mass is 9.68. The molecule has 0 nitrogen and oxygen atoms in total. The van der Waals surface area contributed by atoms with E-state index in [2.05, 4.69) is 6.92 Å². The first-order chi connectivity index (χ1) is 10.8. The van der Waals surface area contributed by atoms with Crippen molar-refractivity contribution < 1.29 is 4.39 Å². The molecule has 2 aliphatic rings. The lowest BCUT2D eigenvalue weighted by Gasteiger charge is -2.38. The zero-order chi connectivity index (χ0) is 15.4. The lowest BCUT2D eigenvalue weighted by Crippen LogP contribution is -2.25. The smallest absolute Gasteiger partial charge is 0.123 e. The van der Waals surface area contributed by atoms with E-state index in [4.69, 9.17) is 0 Å². The predicted molar refractivity (Wildman–Crippen MR) is 91.5 cm³/mol. The molecule has 1 aromatic rings. The average molecular weight is 302 g/mol. The van der Waals surface area contributed by atoms with Gasteiger partial charge in [-0.3, -0.25) is 0 Å². The van der Waals surface area contributed by atoms with Gasteiger partial charge in [0.25, 0.3) is 0 Å². The van der Waals surface area contributed by atoms with Crippen LogP contribution in [0.3, 0.4) is 0 Å². The highest BCUT2D eigenvalue weighted by molar-refractivity contribution is 5.20. The van der Waals surface area contributed by atoms with E-state index in [0.717, 1.165) is 17.8 Å². The zero-order valence-corrected chi connectivity index (χ0v) is 14.1. The van der Waals surface area contributed by atoms with Crippen molar-refractivity contribution in [3.05, 3.63) is 35.6 Å². The zero-order valence-electron chi connectivity index (χ0n) is 14.1. The molecule has 0 bridgehead atoms. The third kappa shape index (κ3) is 3.91. The summed E-state index contributed by atoms with van der Waals surface area (Å²) in [4.78, 5) is 0. The molecule has 0 saturated heterocycles. The van der Waals surface area contributed by atoms with Gasteiger partial charge in [0, 0.05) is 0 Å². The van der Waals surface area contributed by atoms with Gasteiger partial charge >= 0.3 is 0 Å². The largest absolute Gasteiger partial charge is 0.207 e. The topological polar surface area (TPSA) is 0 Å². The summed E-state index contributed by atoms with van der Waals surface area (Å²) >= 11 is 0. The minimum Gasteiger partial charge on any atom is -0.207 e. The highest BCUT2D eigenvalue weighted by Gasteiger charge is 2.30. The molecule has 0 aromatic heterocycles. The van der Waals surface area contributed by atoms with Crippen LogP contribution in [0.25, 0.3) is 0 Å². The monoisotopic (exact) mass is 302 g/mol.